The highest BCUT2D eigenvalue weighted by atomic mass is 32.2. The smallest absolute Gasteiger partial charge is 0.514 e. The van der Waals surface area contributed by atoms with Gasteiger partial charge in [0.2, 0.25) is 0 Å². The van der Waals surface area contributed by atoms with Crippen LogP contribution in [0.3, 0.4) is 0 Å². The molecule has 0 amide bonds. The minimum Gasteiger partial charge on any atom is -0.748 e. The van der Waals surface area contributed by atoms with E-state index >= 15 is 0 Å². The molecular weight excluding hydrogens is 625 g/mol. The molecule has 0 spiro atoms. The van der Waals surface area contributed by atoms with Gasteiger partial charge >= 0.3 is 18.5 Å². The maximum Gasteiger partial charge on any atom is 0.514 e. The average Bonchev–Trinajstić information content (AvgIpc) is 2.81. The highest BCUT2D eigenvalue weighted by Gasteiger charge is 2.31. The van der Waals surface area contributed by atoms with E-state index in [0.29, 0.717) is 11.5 Å². The van der Waals surface area contributed by atoms with Gasteiger partial charge in [0.15, 0.2) is 14.7 Å². The van der Waals surface area contributed by atoms with Crippen molar-refractivity contribution in [3.8, 4) is 11.5 Å². The molecule has 240 valence electrons. The van der Waals surface area contributed by atoms with Crippen molar-refractivity contribution in [3.63, 3.8) is 0 Å². The van der Waals surface area contributed by atoms with Crippen molar-refractivity contribution >= 4 is 33.3 Å². The predicted octanol–water partition coefficient (Wildman–Crippen LogP) is 7.50. The second-order valence-electron chi connectivity index (χ2n) is 11.0. The zero-order chi connectivity index (χ0) is 33.3. The summed E-state index contributed by atoms with van der Waals surface area (Å²) in [5, 5.41) is 0. The number of hydrogen-bond donors (Lipinski definition) is 0. The second kappa shape index (κ2) is 14.8. The SMILES string of the molecule is CC(C)(C)OC(=O)Oc1cccc([S+](c2ccccc2)c2cccc(OC(=O)OC(C)(C)C)c2)c1.O=S(=O)([O-])CC(F)(F)F. The largest absolute Gasteiger partial charge is 0.748 e. The van der Waals surface area contributed by atoms with Crippen molar-refractivity contribution in [2.45, 2.75) is 73.6 Å². The van der Waals surface area contributed by atoms with Crippen LogP contribution in [0.5, 0.6) is 11.5 Å². The highest BCUT2D eigenvalue weighted by molar-refractivity contribution is 7.97. The standard InChI is InChI=1S/C28H31O6S.C2H3F3O3S/c1-27(2,3)33-25(29)31-20-12-10-16-23(18-20)35(22-14-8-7-9-15-22)24-17-11-13-21(19-24)32-26(30)34-28(4,5)6;3-2(4,5)1-9(6,7)8/h7-19H,1-6H3;1H2,(H,6,7,8)/q+1;/p-1. The fourth-order valence-electron chi connectivity index (χ4n) is 3.23. The fourth-order valence-corrected chi connectivity index (χ4v) is 5.77. The van der Waals surface area contributed by atoms with E-state index in [1.54, 1.807) is 53.7 Å². The van der Waals surface area contributed by atoms with Gasteiger partial charge in [-0.15, -0.1) is 0 Å². The molecule has 0 aliphatic carbocycles. The summed E-state index contributed by atoms with van der Waals surface area (Å²) in [4.78, 5) is 27.3. The first-order chi connectivity index (χ1) is 20.1. The number of hydrogen-bond acceptors (Lipinski definition) is 9. The maximum absolute atomic E-state index is 12.2. The third kappa shape index (κ3) is 14.6. The summed E-state index contributed by atoms with van der Waals surface area (Å²) in [6, 6.07) is 24.6. The first-order valence-electron chi connectivity index (χ1n) is 12.9. The molecule has 0 N–H and O–H groups in total. The van der Waals surface area contributed by atoms with E-state index in [1.165, 1.54) is 0 Å². The lowest BCUT2D eigenvalue weighted by atomic mass is 10.2. The number of carbonyl (C=O) groups is 2. The lowest BCUT2D eigenvalue weighted by Crippen LogP contribution is -2.26. The highest BCUT2D eigenvalue weighted by Crippen LogP contribution is 2.34. The summed E-state index contributed by atoms with van der Waals surface area (Å²) in [6.45, 7) is 10.7. The molecule has 0 aliphatic rings. The summed E-state index contributed by atoms with van der Waals surface area (Å²) in [7, 11) is -5.72. The molecule has 0 heterocycles. The molecular formula is C30H33F3O9S2. The summed E-state index contributed by atoms with van der Waals surface area (Å²) in [6.07, 6.45) is -6.44. The molecule has 3 aromatic rings. The van der Waals surface area contributed by atoms with E-state index in [4.69, 9.17) is 18.9 Å². The lowest BCUT2D eigenvalue weighted by Gasteiger charge is -2.19. The number of carbonyl (C=O) groups excluding carboxylic acids is 2. The van der Waals surface area contributed by atoms with E-state index in [-0.39, 0.29) is 0 Å². The second-order valence-corrected chi connectivity index (χ2v) is 14.4. The van der Waals surface area contributed by atoms with Crippen LogP contribution in [-0.4, -0.2) is 48.4 Å². The molecule has 0 aromatic heterocycles. The predicted molar refractivity (Wildman–Crippen MR) is 156 cm³/mol. The summed E-state index contributed by atoms with van der Waals surface area (Å²) < 4.78 is 82.5. The third-order valence-corrected chi connectivity index (χ3v) is 7.46. The maximum atomic E-state index is 12.2. The Morgan fingerprint density at radius 2 is 1.07 bits per heavy atom. The Bertz CT molecular complexity index is 1440. The van der Waals surface area contributed by atoms with E-state index in [9.17, 15) is 35.7 Å². The van der Waals surface area contributed by atoms with Gasteiger partial charge in [0.25, 0.3) is 0 Å². The Hall–Kier alpha value is -3.75. The zero-order valence-electron chi connectivity index (χ0n) is 24.8. The van der Waals surface area contributed by atoms with Crippen LogP contribution in [0, 0.1) is 0 Å². The topological polar surface area (TPSA) is 128 Å². The molecule has 0 aliphatic heterocycles. The fraction of sp³-hybridized carbons (Fsp3) is 0.333. The van der Waals surface area contributed by atoms with Gasteiger partial charge in [-0.05, 0) is 77.9 Å². The van der Waals surface area contributed by atoms with Crippen molar-refractivity contribution in [1.82, 2.24) is 0 Å². The van der Waals surface area contributed by atoms with Gasteiger partial charge in [0.1, 0.15) is 38.6 Å². The Morgan fingerprint density at radius 1 is 0.682 bits per heavy atom. The van der Waals surface area contributed by atoms with Crippen molar-refractivity contribution in [1.29, 1.82) is 0 Å². The summed E-state index contributed by atoms with van der Waals surface area (Å²) in [5.41, 5.74) is -1.31. The molecule has 0 atom stereocenters. The third-order valence-electron chi connectivity index (χ3n) is 4.58. The summed E-state index contributed by atoms with van der Waals surface area (Å²) >= 11 is 0. The zero-order valence-corrected chi connectivity index (χ0v) is 26.5. The quantitative estimate of drug-likeness (QED) is 0.114. The van der Waals surface area contributed by atoms with E-state index in [0.717, 1.165) is 14.7 Å². The minimum atomic E-state index is -5.16. The number of halogens is 3. The van der Waals surface area contributed by atoms with Gasteiger partial charge in [-0.2, -0.15) is 13.2 Å². The van der Waals surface area contributed by atoms with Crippen LogP contribution in [0.4, 0.5) is 22.8 Å². The van der Waals surface area contributed by atoms with Gasteiger partial charge in [0, 0.05) is 12.1 Å². The van der Waals surface area contributed by atoms with Crippen LogP contribution >= 0.6 is 0 Å². The number of alkyl halides is 3. The van der Waals surface area contributed by atoms with Gasteiger partial charge in [-0.3, -0.25) is 0 Å². The molecule has 0 bridgehead atoms. The van der Waals surface area contributed by atoms with E-state index in [1.807, 2.05) is 66.7 Å². The van der Waals surface area contributed by atoms with E-state index in [2.05, 4.69) is 0 Å². The molecule has 9 nitrogen and oxygen atoms in total. The van der Waals surface area contributed by atoms with Crippen LogP contribution in [0.15, 0.2) is 93.5 Å². The van der Waals surface area contributed by atoms with E-state index < -0.39 is 56.5 Å². The first kappa shape index (κ1) is 36.4. The van der Waals surface area contributed by atoms with Crippen LogP contribution < -0.4 is 9.47 Å². The van der Waals surface area contributed by atoms with Crippen molar-refractivity contribution in [3.05, 3.63) is 78.9 Å². The monoisotopic (exact) mass is 658 g/mol. The molecule has 3 aromatic carbocycles. The van der Waals surface area contributed by atoms with Gasteiger partial charge in [-0.25, -0.2) is 18.0 Å². The molecule has 0 fully saturated rings. The molecule has 0 saturated heterocycles. The number of rotatable bonds is 6. The molecule has 3 rings (SSSR count). The van der Waals surface area contributed by atoms with Crippen LogP contribution in [0.25, 0.3) is 0 Å². The van der Waals surface area contributed by atoms with Crippen LogP contribution in [0.2, 0.25) is 0 Å². The van der Waals surface area contributed by atoms with Gasteiger partial charge in [0.05, 0.1) is 10.9 Å². The van der Waals surface area contributed by atoms with Crippen molar-refractivity contribution in [2.75, 3.05) is 5.75 Å². The Labute approximate surface area is 257 Å². The first-order valence-corrected chi connectivity index (χ1v) is 15.7. The van der Waals surface area contributed by atoms with Crippen molar-refractivity contribution in [2.24, 2.45) is 0 Å². The summed E-state index contributed by atoms with van der Waals surface area (Å²) in [5.74, 6) is -1.53. The number of benzene rings is 3. The molecule has 44 heavy (non-hydrogen) atoms. The molecule has 0 unspecified atom stereocenters. The Kier molecular flexibility index (Phi) is 12.3. The van der Waals surface area contributed by atoms with Crippen LogP contribution in [0.1, 0.15) is 41.5 Å². The minimum absolute atomic E-state index is 0.381. The lowest BCUT2D eigenvalue weighted by molar-refractivity contribution is -0.107. The molecule has 0 saturated carbocycles. The Morgan fingerprint density at radius 3 is 1.39 bits per heavy atom. The molecule has 14 heteroatoms. The van der Waals surface area contributed by atoms with Gasteiger partial charge < -0.3 is 23.5 Å². The normalized spacial score (nSPS) is 12.1. The Balaban J connectivity index is 0.000000651. The number of ether oxygens (including phenoxy) is 4. The average molecular weight is 659 g/mol. The van der Waals surface area contributed by atoms with Gasteiger partial charge in [-0.1, -0.05) is 30.3 Å². The van der Waals surface area contributed by atoms with Crippen LogP contribution in [-0.2, 0) is 30.5 Å². The van der Waals surface area contributed by atoms with Crippen molar-refractivity contribution < 1.29 is 54.7 Å². The molecule has 0 radical (unpaired) electrons.